The molecule has 4 nitrogen and oxygen atoms in total. The summed E-state index contributed by atoms with van der Waals surface area (Å²) in [4.78, 5) is 23.5. The molecule has 1 amide bonds. The van der Waals surface area contributed by atoms with Crippen molar-refractivity contribution < 1.29 is 14.3 Å². The van der Waals surface area contributed by atoms with E-state index in [1.54, 1.807) is 0 Å². The topological polar surface area (TPSA) is 55.4 Å². The van der Waals surface area contributed by atoms with Crippen molar-refractivity contribution in [2.75, 3.05) is 0 Å². The third-order valence-electron chi connectivity index (χ3n) is 2.72. The Morgan fingerprint density at radius 1 is 1.21 bits per heavy atom. The number of rotatable bonds is 7. The molecule has 0 spiro atoms. The second-order valence-corrected chi connectivity index (χ2v) is 6.31. The van der Waals surface area contributed by atoms with Gasteiger partial charge < -0.3 is 10.1 Å². The van der Waals surface area contributed by atoms with E-state index in [0.717, 1.165) is 12.8 Å². The Kier molecular flexibility index (Phi) is 7.72. The second-order valence-electron chi connectivity index (χ2n) is 6.31. The van der Waals surface area contributed by atoms with Crippen LogP contribution in [0.3, 0.4) is 0 Å². The Hall–Kier alpha value is -1.06. The van der Waals surface area contributed by atoms with Crippen molar-refractivity contribution in [3.8, 4) is 0 Å². The standard InChI is InChI=1S/C15H29NO3/c1-7-8-9-13(17)16-12(11(2)3)10-14(18)19-15(4,5)6/h11-12H,7-10H2,1-6H3,(H,16,17)/t12-/m0/s1. The van der Waals surface area contributed by atoms with Gasteiger partial charge in [-0.25, -0.2) is 0 Å². The van der Waals surface area contributed by atoms with E-state index in [0.29, 0.717) is 6.42 Å². The first-order valence-electron chi connectivity index (χ1n) is 7.17. The minimum atomic E-state index is -0.481. The van der Waals surface area contributed by atoms with Gasteiger partial charge >= 0.3 is 5.97 Å². The lowest BCUT2D eigenvalue weighted by Crippen LogP contribution is -2.41. The summed E-state index contributed by atoms with van der Waals surface area (Å²) in [5.41, 5.74) is -0.481. The predicted molar refractivity (Wildman–Crippen MR) is 76.8 cm³/mol. The van der Waals surface area contributed by atoms with Crippen LogP contribution in [0.15, 0.2) is 0 Å². The zero-order valence-electron chi connectivity index (χ0n) is 13.2. The van der Waals surface area contributed by atoms with Crippen LogP contribution in [-0.2, 0) is 14.3 Å². The smallest absolute Gasteiger partial charge is 0.308 e. The van der Waals surface area contributed by atoms with Crippen molar-refractivity contribution in [3.63, 3.8) is 0 Å². The summed E-state index contributed by atoms with van der Waals surface area (Å²) in [7, 11) is 0. The van der Waals surface area contributed by atoms with E-state index in [4.69, 9.17) is 4.74 Å². The van der Waals surface area contributed by atoms with Gasteiger partial charge in [-0.1, -0.05) is 27.2 Å². The summed E-state index contributed by atoms with van der Waals surface area (Å²) in [5, 5.41) is 2.93. The molecule has 0 aliphatic carbocycles. The molecule has 1 atom stereocenters. The first-order chi connectivity index (χ1) is 8.65. The van der Waals surface area contributed by atoms with Crippen LogP contribution in [-0.4, -0.2) is 23.5 Å². The van der Waals surface area contributed by atoms with Gasteiger partial charge in [0, 0.05) is 12.5 Å². The predicted octanol–water partition coefficient (Wildman–Crippen LogP) is 3.05. The van der Waals surface area contributed by atoms with E-state index in [-0.39, 0.29) is 30.3 Å². The number of amides is 1. The minimum Gasteiger partial charge on any atom is -0.460 e. The number of hydrogen-bond acceptors (Lipinski definition) is 3. The van der Waals surface area contributed by atoms with Gasteiger partial charge in [-0.15, -0.1) is 0 Å². The van der Waals surface area contributed by atoms with E-state index in [1.165, 1.54) is 0 Å². The zero-order valence-corrected chi connectivity index (χ0v) is 13.2. The van der Waals surface area contributed by atoms with Gasteiger partial charge in [0.15, 0.2) is 0 Å². The largest absolute Gasteiger partial charge is 0.460 e. The fourth-order valence-electron chi connectivity index (χ4n) is 1.63. The van der Waals surface area contributed by atoms with E-state index in [2.05, 4.69) is 5.32 Å². The fraction of sp³-hybridized carbons (Fsp3) is 0.867. The Balaban J connectivity index is 4.34. The molecule has 0 aromatic carbocycles. The van der Waals surface area contributed by atoms with Crippen LogP contribution < -0.4 is 5.32 Å². The summed E-state index contributed by atoms with van der Waals surface area (Å²) >= 11 is 0. The molecule has 0 saturated heterocycles. The average Bonchev–Trinajstić information content (AvgIpc) is 2.22. The number of hydrogen-bond donors (Lipinski definition) is 1. The van der Waals surface area contributed by atoms with Crippen molar-refractivity contribution >= 4 is 11.9 Å². The van der Waals surface area contributed by atoms with Crippen molar-refractivity contribution in [3.05, 3.63) is 0 Å². The van der Waals surface area contributed by atoms with Gasteiger partial charge in [0.25, 0.3) is 0 Å². The highest BCUT2D eigenvalue weighted by molar-refractivity contribution is 5.77. The highest BCUT2D eigenvalue weighted by Gasteiger charge is 2.23. The molecule has 0 saturated carbocycles. The van der Waals surface area contributed by atoms with Crippen LogP contribution >= 0.6 is 0 Å². The van der Waals surface area contributed by atoms with Crippen LogP contribution in [0.2, 0.25) is 0 Å². The SMILES string of the molecule is CCCCC(=O)N[C@@H](CC(=O)OC(C)(C)C)C(C)C. The minimum absolute atomic E-state index is 0.0177. The lowest BCUT2D eigenvalue weighted by Gasteiger charge is -2.25. The highest BCUT2D eigenvalue weighted by atomic mass is 16.6. The van der Waals surface area contributed by atoms with Crippen molar-refractivity contribution in [2.24, 2.45) is 5.92 Å². The van der Waals surface area contributed by atoms with Gasteiger partial charge in [-0.05, 0) is 33.1 Å². The lowest BCUT2D eigenvalue weighted by molar-refractivity contribution is -0.155. The molecular weight excluding hydrogens is 242 g/mol. The Bertz CT molecular complexity index is 292. The lowest BCUT2D eigenvalue weighted by atomic mass is 10.0. The van der Waals surface area contributed by atoms with Gasteiger partial charge in [0.05, 0.1) is 6.42 Å². The van der Waals surface area contributed by atoms with Crippen LogP contribution in [0.5, 0.6) is 0 Å². The van der Waals surface area contributed by atoms with Gasteiger partial charge in [0.1, 0.15) is 5.60 Å². The van der Waals surface area contributed by atoms with Crippen molar-refractivity contribution in [1.29, 1.82) is 0 Å². The highest BCUT2D eigenvalue weighted by Crippen LogP contribution is 2.13. The fourth-order valence-corrected chi connectivity index (χ4v) is 1.63. The number of nitrogens with one attached hydrogen (secondary N) is 1. The third-order valence-corrected chi connectivity index (χ3v) is 2.72. The summed E-state index contributed by atoms with van der Waals surface area (Å²) in [6.07, 6.45) is 2.62. The monoisotopic (exact) mass is 271 g/mol. The Labute approximate surface area is 117 Å². The molecule has 1 N–H and O–H groups in total. The molecule has 0 rings (SSSR count). The van der Waals surface area contributed by atoms with Crippen LogP contribution in [0, 0.1) is 5.92 Å². The molecule has 0 bridgehead atoms. The summed E-state index contributed by atoms with van der Waals surface area (Å²) < 4.78 is 5.29. The van der Waals surface area contributed by atoms with E-state index >= 15 is 0 Å². The van der Waals surface area contributed by atoms with E-state index < -0.39 is 5.60 Å². The molecular formula is C15H29NO3. The number of esters is 1. The number of carbonyl (C=O) groups is 2. The molecule has 0 unspecified atom stereocenters. The Morgan fingerprint density at radius 2 is 1.79 bits per heavy atom. The maximum Gasteiger partial charge on any atom is 0.308 e. The van der Waals surface area contributed by atoms with Gasteiger partial charge in [0.2, 0.25) is 5.91 Å². The number of ether oxygens (including phenoxy) is 1. The van der Waals surface area contributed by atoms with Gasteiger partial charge in [-0.3, -0.25) is 9.59 Å². The van der Waals surface area contributed by atoms with Crippen molar-refractivity contribution in [2.45, 2.75) is 78.9 Å². The molecule has 4 heteroatoms. The molecule has 0 aromatic heterocycles. The quantitative estimate of drug-likeness (QED) is 0.724. The third kappa shape index (κ3) is 9.51. The average molecular weight is 271 g/mol. The second kappa shape index (κ2) is 8.18. The molecule has 112 valence electrons. The molecule has 0 radical (unpaired) electrons. The molecule has 0 fully saturated rings. The maximum absolute atomic E-state index is 11.8. The van der Waals surface area contributed by atoms with Crippen LogP contribution in [0.1, 0.15) is 67.2 Å². The van der Waals surface area contributed by atoms with Crippen LogP contribution in [0.4, 0.5) is 0 Å². The molecule has 0 aliphatic heterocycles. The van der Waals surface area contributed by atoms with Crippen LogP contribution in [0.25, 0.3) is 0 Å². The number of unbranched alkanes of at least 4 members (excludes halogenated alkanes) is 1. The summed E-state index contributed by atoms with van der Waals surface area (Å²) in [6.45, 7) is 11.6. The zero-order chi connectivity index (χ0) is 15.1. The first kappa shape index (κ1) is 17.9. The summed E-state index contributed by atoms with van der Waals surface area (Å²) in [5.74, 6) is -0.0378. The maximum atomic E-state index is 11.8. The van der Waals surface area contributed by atoms with E-state index in [1.807, 2.05) is 41.5 Å². The normalized spacial score (nSPS) is 13.2. The molecule has 0 heterocycles. The molecule has 0 aromatic rings. The van der Waals surface area contributed by atoms with E-state index in [9.17, 15) is 9.59 Å². The van der Waals surface area contributed by atoms with Crippen molar-refractivity contribution in [1.82, 2.24) is 5.32 Å². The Morgan fingerprint density at radius 3 is 2.21 bits per heavy atom. The number of carbonyl (C=O) groups excluding carboxylic acids is 2. The first-order valence-corrected chi connectivity index (χ1v) is 7.17. The summed E-state index contributed by atoms with van der Waals surface area (Å²) in [6, 6.07) is -0.154. The molecule has 0 aliphatic rings. The van der Waals surface area contributed by atoms with Gasteiger partial charge in [-0.2, -0.15) is 0 Å². The molecule has 19 heavy (non-hydrogen) atoms.